The lowest BCUT2D eigenvalue weighted by Crippen LogP contribution is -2.44. The first kappa shape index (κ1) is 21.3. The molecule has 1 atom stereocenters. The van der Waals surface area contributed by atoms with Crippen LogP contribution in [0.2, 0.25) is 5.02 Å². The van der Waals surface area contributed by atoms with Crippen LogP contribution in [0.5, 0.6) is 0 Å². The van der Waals surface area contributed by atoms with Crippen molar-refractivity contribution in [1.29, 1.82) is 0 Å². The number of hydrogen-bond donors (Lipinski definition) is 1. The predicted molar refractivity (Wildman–Crippen MR) is 119 cm³/mol. The first-order valence-electron chi connectivity index (χ1n) is 10.5. The van der Waals surface area contributed by atoms with Gasteiger partial charge in [0.1, 0.15) is 0 Å². The van der Waals surface area contributed by atoms with Crippen LogP contribution in [0.15, 0.2) is 48.5 Å². The number of hydrogen-bond acceptors (Lipinski definition) is 3. The number of piperidine rings is 1. The fourth-order valence-corrected chi connectivity index (χ4v) is 6.16. The van der Waals surface area contributed by atoms with E-state index in [2.05, 4.69) is 17.4 Å². The summed E-state index contributed by atoms with van der Waals surface area (Å²) in [4.78, 5) is 12.9. The van der Waals surface area contributed by atoms with Gasteiger partial charge >= 0.3 is 0 Å². The number of nitrogens with one attached hydrogen (secondary N) is 1. The number of halogens is 1. The van der Waals surface area contributed by atoms with Gasteiger partial charge in [0.05, 0.1) is 11.8 Å². The Morgan fingerprint density at radius 2 is 1.73 bits per heavy atom. The maximum Gasteiger partial charge on any atom is 0.223 e. The number of carbonyl (C=O) groups is 1. The molecule has 0 radical (unpaired) electrons. The summed E-state index contributed by atoms with van der Waals surface area (Å²) < 4.78 is 27.0. The standard InChI is InChI=1S/C23H27ClN2O3S/c24-20-10-8-17(9-11-20)16-30(28,29)26-14-12-19(13-15-26)23(27)25-22-7-3-5-18-4-1-2-6-21(18)22/h1-2,4,6,8-11,19,22H,3,5,7,12-16H2,(H,25,27)/t22-/m0/s1. The molecule has 0 aromatic heterocycles. The normalized spacial score (nSPS) is 20.5. The van der Waals surface area contributed by atoms with Crippen molar-refractivity contribution in [1.82, 2.24) is 9.62 Å². The molecule has 1 aliphatic carbocycles. The fourth-order valence-electron chi connectivity index (χ4n) is 4.47. The number of fused-ring (bicyclic) bond motifs is 1. The van der Waals surface area contributed by atoms with Crippen molar-refractivity contribution in [2.24, 2.45) is 5.92 Å². The molecule has 0 bridgehead atoms. The molecule has 2 aromatic carbocycles. The molecular formula is C23H27ClN2O3S. The maximum absolute atomic E-state index is 12.9. The van der Waals surface area contributed by atoms with Crippen molar-refractivity contribution in [2.45, 2.75) is 43.9 Å². The van der Waals surface area contributed by atoms with Gasteiger partial charge in [0.25, 0.3) is 0 Å². The predicted octanol–water partition coefficient (Wildman–Crippen LogP) is 4.08. The van der Waals surface area contributed by atoms with Crippen molar-refractivity contribution < 1.29 is 13.2 Å². The summed E-state index contributed by atoms with van der Waals surface area (Å²) in [7, 11) is -3.41. The Hall–Kier alpha value is -1.89. The molecule has 5 nitrogen and oxygen atoms in total. The summed E-state index contributed by atoms with van der Waals surface area (Å²) in [5, 5.41) is 3.81. The van der Waals surface area contributed by atoms with Gasteiger partial charge in [0.2, 0.25) is 15.9 Å². The second-order valence-electron chi connectivity index (χ2n) is 8.21. The van der Waals surface area contributed by atoms with Gasteiger partial charge in [-0.2, -0.15) is 0 Å². The van der Waals surface area contributed by atoms with Gasteiger partial charge in [-0.25, -0.2) is 12.7 Å². The summed E-state index contributed by atoms with van der Waals surface area (Å²) in [5.74, 6) is -0.132. The second-order valence-corrected chi connectivity index (χ2v) is 10.6. The van der Waals surface area contributed by atoms with Crippen molar-refractivity contribution in [3.63, 3.8) is 0 Å². The Labute approximate surface area is 183 Å². The number of benzene rings is 2. The van der Waals surface area contributed by atoms with E-state index in [0.717, 1.165) is 24.8 Å². The SMILES string of the molecule is O=C(N[C@H]1CCCc2ccccc21)C1CCN(S(=O)(=O)Cc2ccc(Cl)cc2)CC1. The number of sulfonamides is 1. The zero-order valence-corrected chi connectivity index (χ0v) is 18.5. The summed E-state index contributed by atoms with van der Waals surface area (Å²) in [6.45, 7) is 0.768. The maximum atomic E-state index is 12.9. The third-order valence-electron chi connectivity index (χ3n) is 6.17. The van der Waals surface area contributed by atoms with E-state index < -0.39 is 10.0 Å². The van der Waals surface area contributed by atoms with Crippen LogP contribution in [0.1, 0.15) is 48.4 Å². The largest absolute Gasteiger partial charge is 0.349 e. The van der Waals surface area contributed by atoms with Crippen LogP contribution in [-0.2, 0) is 27.0 Å². The van der Waals surface area contributed by atoms with Crippen molar-refractivity contribution >= 4 is 27.5 Å². The molecular weight excluding hydrogens is 420 g/mol. The highest BCUT2D eigenvalue weighted by atomic mass is 35.5. The van der Waals surface area contributed by atoms with Crippen LogP contribution >= 0.6 is 11.6 Å². The van der Waals surface area contributed by atoms with Gasteiger partial charge in [0, 0.05) is 24.0 Å². The van der Waals surface area contributed by atoms with E-state index in [9.17, 15) is 13.2 Å². The molecule has 2 aromatic rings. The number of aryl methyl sites for hydroxylation is 1. The van der Waals surface area contributed by atoms with E-state index in [1.165, 1.54) is 15.4 Å². The molecule has 1 fully saturated rings. The third kappa shape index (κ3) is 4.88. The monoisotopic (exact) mass is 446 g/mol. The lowest BCUT2D eigenvalue weighted by atomic mass is 9.87. The Morgan fingerprint density at radius 3 is 2.47 bits per heavy atom. The zero-order chi connectivity index (χ0) is 21.1. The van der Waals surface area contributed by atoms with Crippen LogP contribution < -0.4 is 5.32 Å². The lowest BCUT2D eigenvalue weighted by molar-refractivity contribution is -0.127. The minimum atomic E-state index is -3.41. The summed E-state index contributed by atoms with van der Waals surface area (Å²) in [6, 6.07) is 15.2. The molecule has 1 saturated heterocycles. The van der Waals surface area contributed by atoms with Crippen LogP contribution in [0.3, 0.4) is 0 Å². The highest BCUT2D eigenvalue weighted by molar-refractivity contribution is 7.88. The summed E-state index contributed by atoms with van der Waals surface area (Å²) in [6.07, 6.45) is 4.20. The van der Waals surface area contributed by atoms with Gasteiger partial charge in [-0.3, -0.25) is 4.79 Å². The average Bonchev–Trinajstić information content (AvgIpc) is 2.75. The third-order valence-corrected chi connectivity index (χ3v) is 8.27. The minimum Gasteiger partial charge on any atom is -0.349 e. The van der Waals surface area contributed by atoms with E-state index in [4.69, 9.17) is 11.6 Å². The van der Waals surface area contributed by atoms with E-state index >= 15 is 0 Å². The fraction of sp³-hybridized carbons (Fsp3) is 0.435. The van der Waals surface area contributed by atoms with Crippen LogP contribution in [-0.4, -0.2) is 31.7 Å². The number of carbonyl (C=O) groups excluding carboxylic acids is 1. The Balaban J connectivity index is 1.33. The van der Waals surface area contributed by atoms with Gasteiger partial charge in [0.15, 0.2) is 0 Å². The first-order valence-corrected chi connectivity index (χ1v) is 12.5. The highest BCUT2D eigenvalue weighted by Gasteiger charge is 2.32. The molecule has 2 aliphatic rings. The van der Waals surface area contributed by atoms with E-state index in [0.29, 0.717) is 31.0 Å². The molecule has 4 rings (SSSR count). The Kier molecular flexibility index (Phi) is 6.46. The average molecular weight is 447 g/mol. The van der Waals surface area contributed by atoms with Gasteiger partial charge < -0.3 is 5.32 Å². The zero-order valence-electron chi connectivity index (χ0n) is 16.9. The molecule has 0 spiro atoms. The van der Waals surface area contributed by atoms with E-state index in [1.807, 2.05) is 12.1 Å². The number of amides is 1. The lowest BCUT2D eigenvalue weighted by Gasteiger charge is -2.32. The van der Waals surface area contributed by atoms with Crippen LogP contribution in [0, 0.1) is 5.92 Å². The van der Waals surface area contributed by atoms with Crippen LogP contribution in [0.25, 0.3) is 0 Å². The van der Waals surface area contributed by atoms with Crippen molar-refractivity contribution in [3.8, 4) is 0 Å². The first-order chi connectivity index (χ1) is 14.4. The number of rotatable bonds is 5. The highest BCUT2D eigenvalue weighted by Crippen LogP contribution is 2.30. The number of nitrogens with zero attached hydrogens (tertiary/aromatic N) is 1. The molecule has 1 amide bonds. The van der Waals surface area contributed by atoms with Gasteiger partial charge in [-0.05, 0) is 60.9 Å². The summed E-state index contributed by atoms with van der Waals surface area (Å²) >= 11 is 5.88. The summed E-state index contributed by atoms with van der Waals surface area (Å²) in [5.41, 5.74) is 3.26. The molecule has 160 valence electrons. The molecule has 30 heavy (non-hydrogen) atoms. The molecule has 1 heterocycles. The quantitative estimate of drug-likeness (QED) is 0.752. The van der Waals surface area contributed by atoms with Crippen LogP contribution in [0.4, 0.5) is 0 Å². The Bertz CT molecular complexity index is 999. The smallest absolute Gasteiger partial charge is 0.223 e. The van der Waals surface area contributed by atoms with E-state index in [-0.39, 0.29) is 23.6 Å². The van der Waals surface area contributed by atoms with Gasteiger partial charge in [-0.15, -0.1) is 0 Å². The second kappa shape index (κ2) is 9.08. The Morgan fingerprint density at radius 1 is 1.03 bits per heavy atom. The molecule has 1 N–H and O–H groups in total. The molecule has 0 unspecified atom stereocenters. The van der Waals surface area contributed by atoms with E-state index in [1.54, 1.807) is 24.3 Å². The molecule has 0 saturated carbocycles. The minimum absolute atomic E-state index is 0.0418. The molecule has 1 aliphatic heterocycles. The van der Waals surface area contributed by atoms with Gasteiger partial charge in [-0.1, -0.05) is 48.0 Å². The molecule has 7 heteroatoms. The van der Waals surface area contributed by atoms with Crippen molar-refractivity contribution in [2.75, 3.05) is 13.1 Å². The topological polar surface area (TPSA) is 66.5 Å². The van der Waals surface area contributed by atoms with Crippen molar-refractivity contribution in [3.05, 3.63) is 70.2 Å².